The highest BCUT2D eigenvalue weighted by atomic mass is 32.2. The van der Waals surface area contributed by atoms with Crippen molar-refractivity contribution >= 4 is 21.7 Å². The van der Waals surface area contributed by atoms with Crippen molar-refractivity contribution in [2.24, 2.45) is 5.14 Å². The van der Waals surface area contributed by atoms with Gasteiger partial charge in [-0.15, -0.1) is 0 Å². The maximum absolute atomic E-state index is 12.4. The maximum atomic E-state index is 12.4. The largest absolute Gasteiger partial charge is 0.338 e. The number of hydrogen-bond acceptors (Lipinski definition) is 4. The second kappa shape index (κ2) is 10.8. The number of sulfonamides is 1. The van der Waals surface area contributed by atoms with Gasteiger partial charge in [0, 0.05) is 17.8 Å². The average molecular weight is 504 g/mol. The van der Waals surface area contributed by atoms with E-state index in [1.165, 1.54) is 12.1 Å². The summed E-state index contributed by atoms with van der Waals surface area (Å²) in [6, 6.07) is 23.8. The Morgan fingerprint density at radius 3 is 2.25 bits per heavy atom. The van der Waals surface area contributed by atoms with E-state index in [0.717, 1.165) is 39.5 Å². The molecule has 4 N–H and O–H groups in total. The first-order valence-electron chi connectivity index (χ1n) is 11.6. The minimum Gasteiger partial charge on any atom is -0.338 e. The molecule has 4 rings (SSSR count). The van der Waals surface area contributed by atoms with Crippen molar-refractivity contribution in [3.8, 4) is 16.9 Å². The predicted molar refractivity (Wildman–Crippen MR) is 142 cm³/mol. The van der Waals surface area contributed by atoms with Crippen molar-refractivity contribution in [2.45, 2.75) is 31.6 Å². The molecule has 4 aromatic rings. The summed E-state index contributed by atoms with van der Waals surface area (Å²) in [5.41, 5.74) is 6.31. The smallest absolute Gasteiger partial charge is 0.319 e. The van der Waals surface area contributed by atoms with Gasteiger partial charge in [-0.2, -0.15) is 5.10 Å². The molecule has 0 saturated carbocycles. The van der Waals surface area contributed by atoms with Crippen molar-refractivity contribution < 1.29 is 13.2 Å². The van der Waals surface area contributed by atoms with Crippen LogP contribution in [0.5, 0.6) is 0 Å². The molecule has 0 atom stereocenters. The fourth-order valence-electron chi connectivity index (χ4n) is 3.98. The zero-order valence-electron chi connectivity index (χ0n) is 20.2. The number of hydrogen-bond donors (Lipinski definition) is 3. The number of benzene rings is 3. The number of aryl methyl sites for hydroxylation is 3. The molecule has 0 aliphatic carbocycles. The average Bonchev–Trinajstić information content (AvgIpc) is 3.29. The molecule has 0 bridgehead atoms. The minimum absolute atomic E-state index is 0.0464. The predicted octanol–water partition coefficient (Wildman–Crippen LogP) is 4.56. The standard InChI is InChI=1S/C27H29N5O3S/c1-19-8-6-9-20(2)26(19)30-27(33)29-17-7-12-22-18-25(21-10-4-3-5-11-21)32(31-22)23-13-15-24(16-14-23)36(28,34)35/h3-6,8-11,13-16,18H,7,12,17H2,1-2H3,(H2,28,34,35)(H2,29,30,33). The monoisotopic (exact) mass is 503 g/mol. The quantitative estimate of drug-likeness (QED) is 0.305. The van der Waals surface area contributed by atoms with E-state index in [0.29, 0.717) is 19.4 Å². The van der Waals surface area contributed by atoms with Gasteiger partial charge in [-0.25, -0.2) is 23.0 Å². The first kappa shape index (κ1) is 25.2. The lowest BCUT2D eigenvalue weighted by atomic mass is 10.1. The van der Waals surface area contributed by atoms with Crippen molar-refractivity contribution in [3.05, 3.63) is 95.7 Å². The summed E-state index contributed by atoms with van der Waals surface area (Å²) in [5, 5.41) is 15.8. The summed E-state index contributed by atoms with van der Waals surface area (Å²) in [7, 11) is -3.78. The summed E-state index contributed by atoms with van der Waals surface area (Å²) >= 11 is 0. The number of rotatable bonds is 8. The topological polar surface area (TPSA) is 119 Å². The van der Waals surface area contributed by atoms with Crippen LogP contribution in [0.2, 0.25) is 0 Å². The van der Waals surface area contributed by atoms with E-state index < -0.39 is 10.0 Å². The van der Waals surface area contributed by atoms with E-state index in [2.05, 4.69) is 10.6 Å². The minimum atomic E-state index is -3.78. The van der Waals surface area contributed by atoms with Crippen molar-refractivity contribution in [1.82, 2.24) is 15.1 Å². The molecule has 2 amide bonds. The van der Waals surface area contributed by atoms with E-state index in [1.54, 1.807) is 16.8 Å². The molecule has 8 nitrogen and oxygen atoms in total. The number of anilines is 1. The maximum Gasteiger partial charge on any atom is 0.319 e. The highest BCUT2D eigenvalue weighted by Gasteiger charge is 2.14. The molecule has 9 heteroatoms. The van der Waals surface area contributed by atoms with Crippen LogP contribution in [0.1, 0.15) is 23.2 Å². The Kier molecular flexibility index (Phi) is 7.52. The number of para-hydroxylation sites is 1. The van der Waals surface area contributed by atoms with Gasteiger partial charge in [-0.05, 0) is 68.1 Å². The summed E-state index contributed by atoms with van der Waals surface area (Å²) in [6.45, 7) is 4.42. The Bertz CT molecular complexity index is 1440. The lowest BCUT2D eigenvalue weighted by Gasteiger charge is -2.12. The Morgan fingerprint density at radius 1 is 0.944 bits per heavy atom. The molecule has 36 heavy (non-hydrogen) atoms. The number of aromatic nitrogens is 2. The molecule has 0 saturated heterocycles. The van der Waals surface area contributed by atoms with Crippen LogP contribution >= 0.6 is 0 Å². The highest BCUT2D eigenvalue weighted by Crippen LogP contribution is 2.25. The van der Waals surface area contributed by atoms with Crippen LogP contribution in [0.15, 0.2) is 83.8 Å². The molecule has 0 unspecified atom stereocenters. The molecular formula is C27H29N5O3S. The van der Waals surface area contributed by atoms with Crippen molar-refractivity contribution in [1.29, 1.82) is 0 Å². The summed E-state index contributed by atoms with van der Waals surface area (Å²) in [5.74, 6) is 0. The normalized spacial score (nSPS) is 11.3. The van der Waals surface area contributed by atoms with Crippen LogP contribution < -0.4 is 15.8 Å². The Morgan fingerprint density at radius 2 is 1.61 bits per heavy atom. The van der Waals surface area contributed by atoms with Crippen LogP contribution in [0.3, 0.4) is 0 Å². The second-order valence-corrected chi connectivity index (χ2v) is 10.2. The fourth-order valence-corrected chi connectivity index (χ4v) is 4.50. The van der Waals surface area contributed by atoms with Crippen molar-refractivity contribution in [3.63, 3.8) is 0 Å². The lowest BCUT2D eigenvalue weighted by Crippen LogP contribution is -2.30. The number of carbonyl (C=O) groups is 1. The fraction of sp³-hybridized carbons (Fsp3) is 0.185. The molecule has 3 aromatic carbocycles. The Balaban J connectivity index is 1.45. The van der Waals surface area contributed by atoms with Gasteiger partial charge >= 0.3 is 6.03 Å². The molecule has 1 heterocycles. The van der Waals surface area contributed by atoms with Gasteiger partial charge in [0.05, 0.1) is 22.0 Å². The van der Waals surface area contributed by atoms with E-state index in [4.69, 9.17) is 10.2 Å². The summed E-state index contributed by atoms with van der Waals surface area (Å²) in [6.07, 6.45) is 1.36. The Hall–Kier alpha value is -3.95. The molecule has 0 spiro atoms. The number of nitrogens with one attached hydrogen (secondary N) is 2. The molecule has 0 fully saturated rings. The SMILES string of the molecule is Cc1cccc(C)c1NC(=O)NCCCc1cc(-c2ccccc2)n(-c2ccc(S(N)(=O)=O)cc2)n1. The first-order chi connectivity index (χ1) is 17.2. The highest BCUT2D eigenvalue weighted by molar-refractivity contribution is 7.89. The number of urea groups is 1. The third kappa shape index (κ3) is 5.99. The van der Waals surface area contributed by atoms with Gasteiger partial charge in [0.2, 0.25) is 10.0 Å². The molecule has 0 aliphatic rings. The first-order valence-corrected chi connectivity index (χ1v) is 13.2. The van der Waals surface area contributed by atoms with Gasteiger partial charge in [0.25, 0.3) is 0 Å². The number of primary sulfonamides is 1. The summed E-state index contributed by atoms with van der Waals surface area (Å²) in [4.78, 5) is 12.4. The summed E-state index contributed by atoms with van der Waals surface area (Å²) < 4.78 is 25.0. The van der Waals surface area contributed by atoms with Crippen LogP contribution in [0.4, 0.5) is 10.5 Å². The molecular weight excluding hydrogens is 474 g/mol. The van der Waals surface area contributed by atoms with E-state index >= 15 is 0 Å². The molecule has 0 radical (unpaired) electrons. The third-order valence-electron chi connectivity index (χ3n) is 5.85. The number of nitrogens with two attached hydrogens (primary N) is 1. The second-order valence-electron chi connectivity index (χ2n) is 8.59. The van der Waals surface area contributed by atoms with Gasteiger partial charge in [0.1, 0.15) is 0 Å². The number of carbonyl (C=O) groups excluding carboxylic acids is 1. The zero-order chi connectivity index (χ0) is 25.7. The third-order valence-corrected chi connectivity index (χ3v) is 6.78. The number of nitrogens with zero attached hydrogens (tertiary/aromatic N) is 2. The van der Waals surface area contributed by atoms with E-state index in [-0.39, 0.29) is 10.9 Å². The van der Waals surface area contributed by atoms with E-state index in [1.807, 2.05) is 68.4 Å². The van der Waals surface area contributed by atoms with E-state index in [9.17, 15) is 13.2 Å². The van der Waals surface area contributed by atoms with Crippen LogP contribution in [-0.4, -0.2) is 30.8 Å². The lowest BCUT2D eigenvalue weighted by molar-refractivity contribution is 0.252. The Labute approximate surface area is 211 Å². The van der Waals surface area contributed by atoms with Gasteiger partial charge in [0.15, 0.2) is 0 Å². The van der Waals surface area contributed by atoms with Crippen molar-refractivity contribution in [2.75, 3.05) is 11.9 Å². The molecule has 0 aliphatic heterocycles. The van der Waals surface area contributed by atoms with Crippen LogP contribution in [0.25, 0.3) is 16.9 Å². The zero-order valence-corrected chi connectivity index (χ0v) is 21.0. The molecule has 186 valence electrons. The van der Waals surface area contributed by atoms with Gasteiger partial charge in [-0.1, -0.05) is 48.5 Å². The van der Waals surface area contributed by atoms with Crippen LogP contribution in [-0.2, 0) is 16.4 Å². The van der Waals surface area contributed by atoms with Crippen LogP contribution in [0, 0.1) is 13.8 Å². The molecule has 1 aromatic heterocycles. The van der Waals surface area contributed by atoms with Gasteiger partial charge in [-0.3, -0.25) is 0 Å². The van der Waals surface area contributed by atoms with Gasteiger partial charge < -0.3 is 10.6 Å². The number of amides is 2.